The maximum absolute atomic E-state index is 13.0. The fraction of sp³-hybridized carbons (Fsp3) is 0.435. The number of carbonyl (C=O) groups is 1. The van der Waals surface area contributed by atoms with Gasteiger partial charge in [-0.3, -0.25) is 4.79 Å². The summed E-state index contributed by atoms with van der Waals surface area (Å²) in [7, 11) is 3.90. The third-order valence-electron chi connectivity index (χ3n) is 6.01. The second-order valence-electron chi connectivity index (χ2n) is 7.91. The lowest BCUT2D eigenvalue weighted by molar-refractivity contribution is -0.131. The quantitative estimate of drug-likeness (QED) is 0.705. The van der Waals surface area contributed by atoms with E-state index in [0.717, 1.165) is 54.9 Å². The van der Waals surface area contributed by atoms with Crippen molar-refractivity contribution in [1.82, 2.24) is 9.80 Å². The van der Waals surface area contributed by atoms with Crippen LogP contribution < -0.4 is 9.64 Å². The predicted octanol–water partition coefficient (Wildman–Crippen LogP) is 3.34. The minimum atomic E-state index is 0.181. The van der Waals surface area contributed by atoms with Crippen molar-refractivity contribution in [3.63, 3.8) is 0 Å². The largest absolute Gasteiger partial charge is 0.496 e. The van der Waals surface area contributed by atoms with E-state index in [1.807, 2.05) is 29.2 Å². The van der Waals surface area contributed by atoms with Gasteiger partial charge < -0.3 is 19.4 Å². The molecule has 2 aliphatic heterocycles. The number of nitrogens with zero attached hydrogens (tertiary/aromatic N) is 3. The highest BCUT2D eigenvalue weighted by atomic mass is 79.9. The second kappa shape index (κ2) is 8.76. The summed E-state index contributed by atoms with van der Waals surface area (Å²) in [6.45, 7) is 5.55. The molecule has 0 unspecified atom stereocenters. The zero-order chi connectivity index (χ0) is 20.4. The van der Waals surface area contributed by atoms with Crippen molar-refractivity contribution in [3.05, 3.63) is 57.6 Å². The maximum Gasteiger partial charge on any atom is 0.227 e. The average molecular weight is 458 g/mol. The number of benzene rings is 2. The maximum atomic E-state index is 13.0. The van der Waals surface area contributed by atoms with Gasteiger partial charge in [-0.05, 0) is 43.3 Å². The van der Waals surface area contributed by atoms with Gasteiger partial charge in [-0.2, -0.15) is 0 Å². The Morgan fingerprint density at radius 2 is 1.86 bits per heavy atom. The van der Waals surface area contributed by atoms with E-state index in [1.54, 1.807) is 7.11 Å². The molecular weight excluding hydrogens is 430 g/mol. The third-order valence-corrected chi connectivity index (χ3v) is 6.50. The van der Waals surface area contributed by atoms with E-state index in [0.29, 0.717) is 13.0 Å². The van der Waals surface area contributed by atoms with E-state index in [-0.39, 0.29) is 5.91 Å². The molecule has 29 heavy (non-hydrogen) atoms. The summed E-state index contributed by atoms with van der Waals surface area (Å²) in [4.78, 5) is 19.9. The molecule has 1 amide bonds. The highest BCUT2D eigenvalue weighted by Crippen LogP contribution is 2.36. The number of rotatable bonds is 4. The first-order valence-electron chi connectivity index (χ1n) is 10.2. The second-order valence-corrected chi connectivity index (χ2v) is 8.82. The number of likely N-dealkylation sites (N-methyl/N-ethyl adjacent to an activating group) is 1. The Bertz CT molecular complexity index is 894. The molecule has 0 bridgehead atoms. The van der Waals surface area contributed by atoms with Crippen LogP contribution in [0.15, 0.2) is 40.9 Å². The van der Waals surface area contributed by atoms with Gasteiger partial charge in [-0.1, -0.05) is 28.1 Å². The summed E-state index contributed by atoms with van der Waals surface area (Å²) in [5.41, 5.74) is 4.81. The van der Waals surface area contributed by atoms with Crippen LogP contribution in [-0.2, 0) is 24.2 Å². The molecule has 0 N–H and O–H groups in total. The van der Waals surface area contributed by atoms with E-state index in [4.69, 9.17) is 4.74 Å². The molecule has 1 saturated heterocycles. The molecule has 0 saturated carbocycles. The van der Waals surface area contributed by atoms with Crippen LogP contribution in [0.3, 0.4) is 0 Å². The standard InChI is InChI=1S/C23H28BrN3O2/c1-25-10-12-26(13-11-25)21-6-7-22(29-2)19-8-9-27(16-20(19)21)23(28)15-17-4-3-5-18(24)14-17/h3-7,14H,8-13,15-16H2,1-2H3. The monoisotopic (exact) mass is 457 g/mol. The van der Waals surface area contributed by atoms with Crippen LogP contribution in [-0.4, -0.2) is 62.6 Å². The van der Waals surface area contributed by atoms with Gasteiger partial charge in [0.25, 0.3) is 0 Å². The minimum absolute atomic E-state index is 0.181. The molecule has 0 atom stereocenters. The normalized spacial score (nSPS) is 17.2. The van der Waals surface area contributed by atoms with Crippen molar-refractivity contribution in [3.8, 4) is 5.75 Å². The fourth-order valence-corrected chi connectivity index (χ4v) is 4.75. The van der Waals surface area contributed by atoms with Gasteiger partial charge in [0.05, 0.1) is 13.5 Å². The molecule has 5 nitrogen and oxygen atoms in total. The molecule has 2 aromatic carbocycles. The van der Waals surface area contributed by atoms with Crippen LogP contribution in [0.4, 0.5) is 5.69 Å². The van der Waals surface area contributed by atoms with Crippen molar-refractivity contribution in [1.29, 1.82) is 0 Å². The molecule has 0 radical (unpaired) electrons. The molecule has 1 fully saturated rings. The lowest BCUT2D eigenvalue weighted by Crippen LogP contribution is -2.45. The van der Waals surface area contributed by atoms with Crippen LogP contribution >= 0.6 is 15.9 Å². The average Bonchev–Trinajstić information content (AvgIpc) is 2.73. The van der Waals surface area contributed by atoms with E-state index >= 15 is 0 Å². The van der Waals surface area contributed by atoms with Crippen LogP contribution in [0.25, 0.3) is 0 Å². The van der Waals surface area contributed by atoms with Crippen LogP contribution in [0.2, 0.25) is 0 Å². The molecule has 154 valence electrons. The van der Waals surface area contributed by atoms with Crippen molar-refractivity contribution < 1.29 is 9.53 Å². The van der Waals surface area contributed by atoms with Gasteiger partial charge in [-0.15, -0.1) is 0 Å². The highest BCUT2D eigenvalue weighted by molar-refractivity contribution is 9.10. The minimum Gasteiger partial charge on any atom is -0.496 e. The lowest BCUT2D eigenvalue weighted by Gasteiger charge is -2.38. The van der Waals surface area contributed by atoms with Crippen molar-refractivity contribution in [2.75, 3.05) is 51.8 Å². The van der Waals surface area contributed by atoms with Crippen molar-refractivity contribution in [2.45, 2.75) is 19.4 Å². The number of amides is 1. The molecule has 6 heteroatoms. The van der Waals surface area contributed by atoms with Gasteiger partial charge in [0.2, 0.25) is 5.91 Å². The predicted molar refractivity (Wildman–Crippen MR) is 120 cm³/mol. The molecule has 0 spiro atoms. The van der Waals surface area contributed by atoms with Gasteiger partial charge in [0.15, 0.2) is 0 Å². The molecular formula is C23H28BrN3O2. The number of halogens is 1. The van der Waals surface area contributed by atoms with Gasteiger partial charge in [-0.25, -0.2) is 0 Å². The van der Waals surface area contributed by atoms with Gasteiger partial charge in [0, 0.05) is 60.6 Å². The fourth-order valence-electron chi connectivity index (χ4n) is 4.31. The van der Waals surface area contributed by atoms with Gasteiger partial charge >= 0.3 is 0 Å². The lowest BCUT2D eigenvalue weighted by atomic mass is 9.95. The summed E-state index contributed by atoms with van der Waals surface area (Å²) in [5.74, 6) is 1.12. The van der Waals surface area contributed by atoms with E-state index in [1.165, 1.54) is 16.8 Å². The number of hydrogen-bond donors (Lipinski definition) is 0. The summed E-state index contributed by atoms with van der Waals surface area (Å²) in [6, 6.07) is 12.3. The van der Waals surface area contributed by atoms with Crippen molar-refractivity contribution >= 4 is 27.5 Å². The number of fused-ring (bicyclic) bond motifs is 1. The summed E-state index contributed by atoms with van der Waals surface area (Å²) in [5, 5.41) is 0. The Morgan fingerprint density at radius 3 is 2.59 bits per heavy atom. The molecule has 4 rings (SSSR count). The number of anilines is 1. The zero-order valence-corrected chi connectivity index (χ0v) is 18.7. The molecule has 2 aliphatic rings. The Hall–Kier alpha value is -2.05. The van der Waals surface area contributed by atoms with Crippen LogP contribution in [0.1, 0.15) is 16.7 Å². The number of ether oxygens (including phenoxy) is 1. The number of carbonyl (C=O) groups excluding carboxylic acids is 1. The Labute approximate surface area is 181 Å². The molecule has 2 heterocycles. The SMILES string of the molecule is COc1ccc(N2CCN(C)CC2)c2c1CCN(C(=O)Cc1cccc(Br)c1)C2. The zero-order valence-electron chi connectivity index (χ0n) is 17.2. The molecule has 0 aromatic heterocycles. The molecule has 2 aromatic rings. The Morgan fingerprint density at radius 1 is 1.07 bits per heavy atom. The number of piperazine rings is 1. The highest BCUT2D eigenvalue weighted by Gasteiger charge is 2.28. The smallest absolute Gasteiger partial charge is 0.227 e. The Balaban J connectivity index is 1.57. The van der Waals surface area contributed by atoms with Crippen LogP contribution in [0, 0.1) is 0 Å². The number of methoxy groups -OCH3 is 1. The summed E-state index contributed by atoms with van der Waals surface area (Å²) in [6.07, 6.45) is 1.27. The van der Waals surface area contributed by atoms with Crippen LogP contribution in [0.5, 0.6) is 5.75 Å². The van der Waals surface area contributed by atoms with Gasteiger partial charge in [0.1, 0.15) is 5.75 Å². The topological polar surface area (TPSA) is 36.0 Å². The van der Waals surface area contributed by atoms with E-state index in [9.17, 15) is 4.79 Å². The first kappa shape index (κ1) is 20.2. The molecule has 0 aliphatic carbocycles. The number of hydrogen-bond acceptors (Lipinski definition) is 4. The third kappa shape index (κ3) is 4.43. The van der Waals surface area contributed by atoms with E-state index < -0.39 is 0 Å². The van der Waals surface area contributed by atoms with Crippen molar-refractivity contribution in [2.24, 2.45) is 0 Å². The first-order valence-corrected chi connectivity index (χ1v) is 11.0. The summed E-state index contributed by atoms with van der Waals surface area (Å²) < 4.78 is 6.65. The van der Waals surface area contributed by atoms with E-state index in [2.05, 4.69) is 44.9 Å². The summed E-state index contributed by atoms with van der Waals surface area (Å²) >= 11 is 3.50. The Kier molecular flexibility index (Phi) is 6.11. The first-order chi connectivity index (χ1) is 14.0.